The van der Waals surface area contributed by atoms with E-state index in [2.05, 4.69) is 146 Å². The molecule has 0 aliphatic rings. The summed E-state index contributed by atoms with van der Waals surface area (Å²) in [6, 6.07) is 68.7. The van der Waals surface area contributed by atoms with Gasteiger partial charge in [0, 0.05) is 0 Å². The second-order valence-electron chi connectivity index (χ2n) is 11.8. The predicted molar refractivity (Wildman–Crippen MR) is 192 cm³/mol. The number of hydrogen-bond donors (Lipinski definition) is 0. The van der Waals surface area contributed by atoms with Crippen LogP contribution in [0.2, 0.25) is 0 Å². The second-order valence-corrected chi connectivity index (χ2v) is 11.8. The van der Waals surface area contributed by atoms with Crippen LogP contribution in [0.25, 0.3) is 0 Å². The van der Waals surface area contributed by atoms with Crippen LogP contribution in [0.15, 0.2) is 200 Å². The molecule has 0 unspecified atom stereocenters. The Labute approximate surface area is 283 Å². The summed E-state index contributed by atoms with van der Waals surface area (Å²) >= 11 is 0. The van der Waals surface area contributed by atoms with E-state index in [1.165, 1.54) is 0 Å². The van der Waals surface area contributed by atoms with Gasteiger partial charge in [-0.1, -0.05) is 188 Å². The van der Waals surface area contributed by atoms with Gasteiger partial charge in [-0.3, -0.25) is 4.98 Å². The first kappa shape index (κ1) is 31.0. The highest BCUT2D eigenvalue weighted by Crippen LogP contribution is 2.42. The van der Waals surface area contributed by atoms with Crippen molar-refractivity contribution in [2.75, 3.05) is 0 Å². The third kappa shape index (κ3) is 6.22. The number of pyridine rings is 1. The minimum atomic E-state index is -0.832. The summed E-state index contributed by atoms with van der Waals surface area (Å²) in [5, 5.41) is 0. The molecule has 0 radical (unpaired) electrons. The molecule has 0 spiro atoms. The number of benzene rings is 6. The summed E-state index contributed by atoms with van der Waals surface area (Å²) in [6.07, 6.45) is 0. The number of rotatable bonds is 12. The van der Waals surface area contributed by atoms with Gasteiger partial charge in [-0.2, -0.15) is 0 Å². The third-order valence-electron chi connectivity index (χ3n) is 8.82. The Morgan fingerprint density at radius 1 is 0.292 bits per heavy atom. The van der Waals surface area contributed by atoms with Gasteiger partial charge >= 0.3 is 0 Å². The van der Waals surface area contributed by atoms with Crippen LogP contribution in [0.5, 0.6) is 0 Å². The fraction of sp³-hybridized carbons (Fsp3) is 0.0889. The number of hydrogen-bond acceptors (Lipinski definition) is 3. The molecular weight excluding hydrogens is 587 g/mol. The highest BCUT2D eigenvalue weighted by atomic mass is 16.5. The lowest BCUT2D eigenvalue weighted by atomic mass is 9.80. The highest BCUT2D eigenvalue weighted by Gasteiger charge is 2.39. The average Bonchev–Trinajstić information content (AvgIpc) is 3.18. The van der Waals surface area contributed by atoms with Crippen LogP contribution in [-0.2, 0) is 33.9 Å². The van der Waals surface area contributed by atoms with Gasteiger partial charge in [0.25, 0.3) is 0 Å². The van der Waals surface area contributed by atoms with Gasteiger partial charge in [-0.05, 0) is 45.5 Å². The standard InChI is InChI=1S/C45H37NO2/c1-7-20-36(21-8-1)44(37-22-9-2-10-23-37,38-24-11-3-12-25-38)47-34-42-32-19-33-43(46-42)35-48-45(39-26-13-4-14-27-39,40-28-15-5-16-29-40)41-30-17-6-18-31-41/h1-33H,34-35H2. The van der Waals surface area contributed by atoms with Crippen molar-refractivity contribution in [3.8, 4) is 0 Å². The average molecular weight is 624 g/mol. The first-order chi connectivity index (χ1) is 23.8. The summed E-state index contributed by atoms with van der Waals surface area (Å²) in [5.74, 6) is 0. The Morgan fingerprint density at radius 2 is 0.521 bits per heavy atom. The summed E-state index contributed by atoms with van der Waals surface area (Å²) in [7, 11) is 0. The maximum Gasteiger partial charge on any atom is 0.144 e. The first-order valence-electron chi connectivity index (χ1n) is 16.3. The van der Waals surface area contributed by atoms with Gasteiger partial charge in [-0.25, -0.2) is 0 Å². The minimum Gasteiger partial charge on any atom is -0.355 e. The van der Waals surface area contributed by atoms with Gasteiger partial charge in [0.2, 0.25) is 0 Å². The minimum absolute atomic E-state index is 0.299. The summed E-state index contributed by atoms with van der Waals surface area (Å²) in [6.45, 7) is 0.599. The first-order valence-corrected chi connectivity index (χ1v) is 16.3. The fourth-order valence-corrected chi connectivity index (χ4v) is 6.59. The summed E-state index contributed by atoms with van der Waals surface area (Å²) < 4.78 is 14.2. The van der Waals surface area contributed by atoms with Crippen LogP contribution in [0.3, 0.4) is 0 Å². The molecule has 3 heteroatoms. The largest absolute Gasteiger partial charge is 0.355 e. The molecule has 0 N–H and O–H groups in total. The van der Waals surface area contributed by atoms with Gasteiger partial charge in [-0.15, -0.1) is 0 Å². The lowest BCUT2D eigenvalue weighted by Crippen LogP contribution is -2.33. The van der Waals surface area contributed by atoms with Crippen molar-refractivity contribution in [3.63, 3.8) is 0 Å². The van der Waals surface area contributed by atoms with Crippen molar-refractivity contribution in [1.82, 2.24) is 4.98 Å². The zero-order chi connectivity index (χ0) is 32.5. The van der Waals surface area contributed by atoms with Crippen LogP contribution >= 0.6 is 0 Å². The molecule has 0 amide bonds. The lowest BCUT2D eigenvalue weighted by molar-refractivity contribution is -0.00566. The maximum atomic E-state index is 7.08. The topological polar surface area (TPSA) is 31.4 Å². The van der Waals surface area contributed by atoms with E-state index in [1.54, 1.807) is 0 Å². The molecule has 6 aromatic carbocycles. The molecule has 234 valence electrons. The number of ether oxygens (including phenoxy) is 2. The van der Waals surface area contributed by atoms with Crippen LogP contribution < -0.4 is 0 Å². The molecule has 0 saturated heterocycles. The van der Waals surface area contributed by atoms with Crippen LogP contribution in [0, 0.1) is 0 Å². The molecule has 0 bridgehead atoms. The number of nitrogens with zero attached hydrogens (tertiary/aromatic N) is 1. The Bertz CT molecular complexity index is 1660. The SMILES string of the molecule is c1ccc(C(OCc2cccc(COC(c3ccccc3)(c3ccccc3)c3ccccc3)n2)(c2ccccc2)c2ccccc2)cc1. The smallest absolute Gasteiger partial charge is 0.144 e. The van der Waals surface area contributed by atoms with Crippen molar-refractivity contribution < 1.29 is 9.47 Å². The van der Waals surface area contributed by atoms with Crippen LogP contribution in [0.1, 0.15) is 44.8 Å². The monoisotopic (exact) mass is 623 g/mol. The van der Waals surface area contributed by atoms with Crippen molar-refractivity contribution in [2.45, 2.75) is 24.4 Å². The normalized spacial score (nSPS) is 11.7. The quantitative estimate of drug-likeness (QED) is 0.127. The summed E-state index contributed by atoms with van der Waals surface area (Å²) in [4.78, 5) is 5.09. The van der Waals surface area contributed by atoms with Crippen molar-refractivity contribution in [1.29, 1.82) is 0 Å². The Morgan fingerprint density at radius 3 is 0.750 bits per heavy atom. The van der Waals surface area contributed by atoms with Crippen LogP contribution in [-0.4, -0.2) is 4.98 Å². The van der Waals surface area contributed by atoms with E-state index in [0.717, 1.165) is 44.8 Å². The molecule has 1 aromatic heterocycles. The fourth-order valence-electron chi connectivity index (χ4n) is 6.59. The molecule has 48 heavy (non-hydrogen) atoms. The van der Waals surface area contributed by atoms with E-state index >= 15 is 0 Å². The third-order valence-corrected chi connectivity index (χ3v) is 8.82. The molecule has 0 fully saturated rings. The van der Waals surface area contributed by atoms with E-state index in [1.807, 2.05) is 54.6 Å². The molecule has 0 aliphatic carbocycles. The van der Waals surface area contributed by atoms with Crippen molar-refractivity contribution >= 4 is 0 Å². The van der Waals surface area contributed by atoms with Gasteiger partial charge in [0.15, 0.2) is 0 Å². The summed E-state index contributed by atoms with van der Waals surface area (Å²) in [5.41, 5.74) is 6.32. The predicted octanol–water partition coefficient (Wildman–Crippen LogP) is 10.1. The maximum absolute atomic E-state index is 7.08. The Kier molecular flexibility index (Phi) is 9.33. The van der Waals surface area contributed by atoms with Gasteiger partial charge in [0.05, 0.1) is 24.6 Å². The zero-order valence-corrected chi connectivity index (χ0v) is 26.7. The van der Waals surface area contributed by atoms with Gasteiger partial charge < -0.3 is 9.47 Å². The Hall–Kier alpha value is -5.61. The van der Waals surface area contributed by atoms with E-state index in [0.29, 0.717) is 13.2 Å². The molecule has 0 aliphatic heterocycles. The molecule has 3 nitrogen and oxygen atoms in total. The number of aromatic nitrogens is 1. The zero-order valence-electron chi connectivity index (χ0n) is 26.7. The van der Waals surface area contributed by atoms with Gasteiger partial charge in [0.1, 0.15) is 11.2 Å². The molecule has 7 rings (SSSR count). The van der Waals surface area contributed by atoms with Crippen molar-refractivity contribution in [3.05, 3.63) is 245 Å². The molecule has 0 atom stereocenters. The van der Waals surface area contributed by atoms with Crippen molar-refractivity contribution in [2.24, 2.45) is 0 Å². The second kappa shape index (κ2) is 14.4. The van der Waals surface area contributed by atoms with E-state index < -0.39 is 11.2 Å². The van der Waals surface area contributed by atoms with Crippen LogP contribution in [0.4, 0.5) is 0 Å². The van der Waals surface area contributed by atoms with E-state index in [9.17, 15) is 0 Å². The lowest BCUT2D eigenvalue weighted by Gasteiger charge is -2.36. The van der Waals surface area contributed by atoms with E-state index in [4.69, 9.17) is 14.5 Å². The van der Waals surface area contributed by atoms with E-state index in [-0.39, 0.29) is 0 Å². The molecular formula is C45H37NO2. The Balaban J connectivity index is 1.24. The molecule has 7 aromatic rings. The highest BCUT2D eigenvalue weighted by molar-refractivity contribution is 5.49. The molecule has 1 heterocycles. The molecule has 0 saturated carbocycles.